The zero-order valence-corrected chi connectivity index (χ0v) is 3.60. The molecule has 0 radical (unpaired) electrons. The molecule has 0 spiro atoms. The lowest BCUT2D eigenvalue weighted by Gasteiger charge is -1.55. The van der Waals surface area contributed by atoms with Gasteiger partial charge in [0.25, 0.3) is 0 Å². The molecule has 40 valence electrons. The van der Waals surface area contributed by atoms with Crippen molar-refractivity contribution in [2.75, 3.05) is 0 Å². The smallest absolute Gasteiger partial charge is 0.0209 e. The van der Waals surface area contributed by atoms with E-state index in [1.807, 2.05) is 0 Å². The first-order chi connectivity index (χ1) is 1.91. The number of hydrogen-bond donors (Lipinski definition) is 1. The molecule has 4 nitrogen and oxygen atoms in total. The summed E-state index contributed by atoms with van der Waals surface area (Å²) < 4.78 is 0. The molecule has 4 heteroatoms. The summed E-state index contributed by atoms with van der Waals surface area (Å²) in [5.41, 5.74) is 0. The molecule has 0 aromatic carbocycles. The minimum Gasteiger partial charge on any atom is -0.412 e. The molecular formula is C2H10N2O2. The molecule has 0 amide bonds. The minimum atomic E-state index is 0. The van der Waals surface area contributed by atoms with E-state index in [2.05, 4.69) is 10.9 Å². The van der Waals surface area contributed by atoms with Crippen LogP contribution in [0.15, 0.2) is 5.10 Å². The van der Waals surface area contributed by atoms with Gasteiger partial charge in [-0.25, -0.2) is 0 Å². The van der Waals surface area contributed by atoms with Crippen LogP contribution in [-0.4, -0.2) is 17.2 Å². The Kier molecular flexibility index (Phi) is 79.1. The van der Waals surface area contributed by atoms with Crippen molar-refractivity contribution in [1.82, 2.24) is 0 Å². The summed E-state index contributed by atoms with van der Waals surface area (Å²) in [5, 5.41) is 3.11. The minimum absolute atomic E-state index is 0. The molecule has 0 saturated heterocycles. The van der Waals surface area contributed by atoms with E-state index in [1.54, 1.807) is 6.92 Å². The highest BCUT2D eigenvalue weighted by Crippen LogP contribution is 1.31. The van der Waals surface area contributed by atoms with Gasteiger partial charge in [-0.05, 0) is 6.92 Å². The fourth-order valence-electron chi connectivity index (χ4n) is 0. The second-order valence-electron chi connectivity index (χ2n) is 0.407. The highest BCUT2D eigenvalue weighted by atomic mass is 16.0. The van der Waals surface area contributed by atoms with E-state index in [0.29, 0.717) is 0 Å². The van der Waals surface area contributed by atoms with Gasteiger partial charge in [0.1, 0.15) is 0 Å². The lowest BCUT2D eigenvalue weighted by atomic mass is 10.9. The van der Waals surface area contributed by atoms with E-state index in [4.69, 9.17) is 0 Å². The zero-order chi connectivity index (χ0) is 3.41. The van der Waals surface area contributed by atoms with Crippen LogP contribution in [0.4, 0.5) is 0 Å². The molecule has 0 atom stereocenters. The summed E-state index contributed by atoms with van der Waals surface area (Å²) in [6.45, 7) is 1.76. The predicted molar refractivity (Wildman–Crippen MR) is 25.6 cm³/mol. The maximum absolute atomic E-state index is 4.60. The van der Waals surface area contributed by atoms with Crippen LogP contribution in [0.3, 0.4) is 0 Å². The Labute approximate surface area is 36.3 Å². The standard InChI is InChI=1S/C2H6N2.2H2O/c1-2-4-3;;/h2H,3H2,1H3;2*1H2/b4-2+;;. The van der Waals surface area contributed by atoms with Crippen molar-refractivity contribution < 1.29 is 11.0 Å². The van der Waals surface area contributed by atoms with Gasteiger partial charge in [0.05, 0.1) is 0 Å². The molecule has 0 aliphatic carbocycles. The first-order valence-electron chi connectivity index (χ1n) is 1.09. The van der Waals surface area contributed by atoms with Gasteiger partial charge in [-0.2, -0.15) is 5.10 Å². The molecular weight excluding hydrogens is 84.0 g/mol. The predicted octanol–water partition coefficient (Wildman–Crippen LogP) is -1.70. The van der Waals surface area contributed by atoms with E-state index in [-0.39, 0.29) is 11.0 Å². The molecule has 0 bridgehead atoms. The largest absolute Gasteiger partial charge is 0.412 e. The van der Waals surface area contributed by atoms with Gasteiger partial charge in [0.15, 0.2) is 0 Å². The second-order valence-corrected chi connectivity index (χ2v) is 0.407. The maximum Gasteiger partial charge on any atom is 0.0209 e. The van der Waals surface area contributed by atoms with Crippen LogP contribution in [0.1, 0.15) is 6.92 Å². The lowest BCUT2D eigenvalue weighted by molar-refractivity contribution is 0.823. The van der Waals surface area contributed by atoms with E-state index < -0.39 is 0 Å². The summed E-state index contributed by atoms with van der Waals surface area (Å²) in [4.78, 5) is 0. The Morgan fingerprint density at radius 3 is 1.67 bits per heavy atom. The fourth-order valence-corrected chi connectivity index (χ4v) is 0. The van der Waals surface area contributed by atoms with Gasteiger partial charge in [-0.1, -0.05) is 0 Å². The van der Waals surface area contributed by atoms with Gasteiger partial charge in [-0.15, -0.1) is 0 Å². The normalized spacial score (nSPS) is 6.17. The van der Waals surface area contributed by atoms with Crippen molar-refractivity contribution in [1.29, 1.82) is 0 Å². The quantitative estimate of drug-likeness (QED) is 0.216. The first-order valence-corrected chi connectivity index (χ1v) is 1.09. The molecule has 0 saturated carbocycles. The van der Waals surface area contributed by atoms with Crippen LogP contribution in [0.25, 0.3) is 0 Å². The van der Waals surface area contributed by atoms with Crippen LogP contribution in [0.5, 0.6) is 0 Å². The van der Waals surface area contributed by atoms with Gasteiger partial charge in [0, 0.05) is 6.21 Å². The molecule has 6 N–H and O–H groups in total. The van der Waals surface area contributed by atoms with Crippen LogP contribution >= 0.6 is 0 Å². The van der Waals surface area contributed by atoms with Crippen molar-refractivity contribution in [3.05, 3.63) is 0 Å². The third kappa shape index (κ3) is 127. The van der Waals surface area contributed by atoms with E-state index in [1.165, 1.54) is 6.21 Å². The summed E-state index contributed by atoms with van der Waals surface area (Å²) in [6, 6.07) is 0. The Hall–Kier alpha value is -0.610. The molecule has 0 aromatic heterocycles. The molecule has 0 aliphatic heterocycles. The van der Waals surface area contributed by atoms with Crippen LogP contribution < -0.4 is 5.84 Å². The third-order valence-electron chi connectivity index (χ3n) is 0.149. The zero-order valence-electron chi connectivity index (χ0n) is 3.60. The molecule has 0 aromatic rings. The lowest BCUT2D eigenvalue weighted by Crippen LogP contribution is -1.74. The Morgan fingerprint density at radius 1 is 1.50 bits per heavy atom. The molecule has 0 unspecified atom stereocenters. The molecule has 6 heavy (non-hydrogen) atoms. The van der Waals surface area contributed by atoms with Crippen LogP contribution in [0.2, 0.25) is 0 Å². The molecule has 0 fully saturated rings. The summed E-state index contributed by atoms with van der Waals surface area (Å²) >= 11 is 0. The summed E-state index contributed by atoms with van der Waals surface area (Å²) in [7, 11) is 0. The van der Waals surface area contributed by atoms with Crippen molar-refractivity contribution in [2.24, 2.45) is 10.9 Å². The first kappa shape index (κ1) is 18.2. The van der Waals surface area contributed by atoms with Gasteiger partial charge < -0.3 is 16.8 Å². The van der Waals surface area contributed by atoms with Crippen LogP contribution in [0, 0.1) is 0 Å². The van der Waals surface area contributed by atoms with Gasteiger partial charge in [-0.3, -0.25) is 0 Å². The average molecular weight is 94.1 g/mol. The molecule has 0 aliphatic rings. The van der Waals surface area contributed by atoms with Crippen molar-refractivity contribution in [3.8, 4) is 0 Å². The van der Waals surface area contributed by atoms with E-state index in [0.717, 1.165) is 0 Å². The Balaban J connectivity index is -0.0000000450. The topological polar surface area (TPSA) is 101 Å². The number of nitrogens with zero attached hydrogens (tertiary/aromatic N) is 1. The molecule has 0 heterocycles. The monoisotopic (exact) mass is 94.1 g/mol. The summed E-state index contributed by atoms with van der Waals surface area (Å²) in [6.07, 6.45) is 1.53. The number of rotatable bonds is 0. The maximum atomic E-state index is 4.60. The van der Waals surface area contributed by atoms with Crippen LogP contribution in [-0.2, 0) is 0 Å². The van der Waals surface area contributed by atoms with E-state index in [9.17, 15) is 0 Å². The Morgan fingerprint density at radius 2 is 1.67 bits per heavy atom. The highest BCUT2D eigenvalue weighted by molar-refractivity contribution is 5.52. The fraction of sp³-hybridized carbons (Fsp3) is 0.500. The summed E-state index contributed by atoms with van der Waals surface area (Å²) in [5.74, 6) is 4.60. The highest BCUT2D eigenvalue weighted by Gasteiger charge is 1.32. The number of hydrogen-bond acceptors (Lipinski definition) is 2. The van der Waals surface area contributed by atoms with E-state index >= 15 is 0 Å². The number of nitrogens with two attached hydrogens (primary N) is 1. The Bertz CT molecular complexity index is 24.7. The molecule has 0 rings (SSSR count). The third-order valence-corrected chi connectivity index (χ3v) is 0.149. The van der Waals surface area contributed by atoms with Gasteiger partial charge in [0.2, 0.25) is 0 Å². The van der Waals surface area contributed by atoms with Crippen molar-refractivity contribution in [2.45, 2.75) is 6.92 Å². The van der Waals surface area contributed by atoms with Gasteiger partial charge >= 0.3 is 0 Å². The number of hydrazone groups is 1. The second kappa shape index (κ2) is 26.1. The average Bonchev–Trinajstić information content (AvgIpc) is 1.37. The van der Waals surface area contributed by atoms with Crippen molar-refractivity contribution >= 4 is 6.21 Å². The SMILES string of the molecule is C/C=N/N.O.O. The van der Waals surface area contributed by atoms with Crippen molar-refractivity contribution in [3.63, 3.8) is 0 Å².